The Bertz CT molecular complexity index is 1290. The zero-order valence-corrected chi connectivity index (χ0v) is 18.1. The van der Waals surface area contributed by atoms with E-state index in [0.29, 0.717) is 29.4 Å². The molecule has 0 saturated carbocycles. The Morgan fingerprint density at radius 3 is 2.59 bits per heavy atom. The van der Waals surface area contributed by atoms with Crippen LogP contribution in [0.3, 0.4) is 0 Å². The SMILES string of the molecule is COc1ccc(NC(=O)N2CCc3c([nH]c4ccc(Cl)cc34)C2c2ccc(F)cc2)cc1. The molecule has 5 rings (SSSR count). The fourth-order valence-corrected chi connectivity index (χ4v) is 4.51. The summed E-state index contributed by atoms with van der Waals surface area (Å²) >= 11 is 6.24. The molecule has 0 fully saturated rings. The van der Waals surface area contributed by atoms with E-state index in [1.165, 1.54) is 12.1 Å². The van der Waals surface area contributed by atoms with Crippen LogP contribution in [0.2, 0.25) is 5.02 Å². The number of amides is 2. The molecule has 0 radical (unpaired) electrons. The maximum atomic E-state index is 13.6. The summed E-state index contributed by atoms with van der Waals surface area (Å²) in [6.45, 7) is 0.510. The summed E-state index contributed by atoms with van der Waals surface area (Å²) in [6.07, 6.45) is 0.684. The number of anilines is 1. The van der Waals surface area contributed by atoms with Crippen LogP contribution in [-0.2, 0) is 6.42 Å². The molecule has 2 N–H and O–H groups in total. The van der Waals surface area contributed by atoms with Crippen LogP contribution in [-0.4, -0.2) is 29.6 Å². The summed E-state index contributed by atoms with van der Waals surface area (Å²) in [5.41, 5.74) is 4.51. The molecule has 5 nitrogen and oxygen atoms in total. The van der Waals surface area contributed by atoms with Crippen molar-refractivity contribution in [3.05, 3.63) is 94.4 Å². The lowest BCUT2D eigenvalue weighted by Gasteiger charge is -2.36. The monoisotopic (exact) mass is 449 g/mol. The summed E-state index contributed by atoms with van der Waals surface area (Å²) in [7, 11) is 1.60. The molecule has 1 aliphatic heterocycles. The number of ether oxygens (including phenoxy) is 1. The smallest absolute Gasteiger partial charge is 0.322 e. The molecular weight excluding hydrogens is 429 g/mol. The summed E-state index contributed by atoms with van der Waals surface area (Å²) in [4.78, 5) is 18.6. The zero-order chi connectivity index (χ0) is 22.2. The molecule has 1 atom stereocenters. The first-order valence-electron chi connectivity index (χ1n) is 10.3. The molecular formula is C25H21ClFN3O2. The van der Waals surface area contributed by atoms with E-state index < -0.39 is 0 Å². The van der Waals surface area contributed by atoms with E-state index in [4.69, 9.17) is 16.3 Å². The third kappa shape index (κ3) is 3.67. The number of methoxy groups -OCH3 is 1. The summed E-state index contributed by atoms with van der Waals surface area (Å²) in [5, 5.41) is 4.69. The minimum atomic E-state index is -0.385. The van der Waals surface area contributed by atoms with E-state index in [0.717, 1.165) is 27.7 Å². The minimum absolute atomic E-state index is 0.230. The molecule has 162 valence electrons. The normalized spacial score (nSPS) is 15.5. The molecule has 2 heterocycles. The Kier molecular flexibility index (Phi) is 5.23. The molecule has 7 heteroatoms. The van der Waals surface area contributed by atoms with Crippen molar-refractivity contribution in [2.24, 2.45) is 0 Å². The topological polar surface area (TPSA) is 57.4 Å². The van der Waals surface area contributed by atoms with Gasteiger partial charge in [-0.05, 0) is 72.1 Å². The number of urea groups is 1. The Morgan fingerprint density at radius 1 is 1.12 bits per heavy atom. The molecule has 0 saturated heterocycles. The van der Waals surface area contributed by atoms with Gasteiger partial charge in [0.15, 0.2) is 0 Å². The molecule has 1 unspecified atom stereocenters. The number of H-pyrrole nitrogens is 1. The van der Waals surface area contributed by atoms with Gasteiger partial charge in [0.2, 0.25) is 0 Å². The molecule has 0 bridgehead atoms. The van der Waals surface area contributed by atoms with Gasteiger partial charge in [-0.3, -0.25) is 0 Å². The molecule has 2 amide bonds. The van der Waals surface area contributed by atoms with Crippen molar-refractivity contribution >= 4 is 34.2 Å². The second-order valence-electron chi connectivity index (χ2n) is 7.76. The lowest BCUT2D eigenvalue weighted by Crippen LogP contribution is -2.43. The van der Waals surface area contributed by atoms with Crippen LogP contribution in [0.25, 0.3) is 10.9 Å². The van der Waals surface area contributed by atoms with Gasteiger partial charge in [-0.2, -0.15) is 0 Å². The van der Waals surface area contributed by atoms with E-state index in [1.807, 2.05) is 18.2 Å². The van der Waals surface area contributed by atoms with Gasteiger partial charge >= 0.3 is 6.03 Å². The maximum absolute atomic E-state index is 13.6. The van der Waals surface area contributed by atoms with Gasteiger partial charge < -0.3 is 19.9 Å². The lowest BCUT2D eigenvalue weighted by atomic mass is 9.92. The van der Waals surface area contributed by atoms with E-state index in [2.05, 4.69) is 10.3 Å². The number of benzene rings is 3. The predicted octanol–water partition coefficient (Wildman–Crippen LogP) is 6.15. The van der Waals surface area contributed by atoms with E-state index >= 15 is 0 Å². The number of nitrogens with zero attached hydrogens (tertiary/aromatic N) is 1. The first-order chi connectivity index (χ1) is 15.5. The number of carbonyl (C=O) groups excluding carboxylic acids is 1. The van der Waals surface area contributed by atoms with Crippen LogP contribution < -0.4 is 10.1 Å². The average molecular weight is 450 g/mol. The number of rotatable bonds is 3. The Morgan fingerprint density at radius 2 is 1.88 bits per heavy atom. The van der Waals surface area contributed by atoms with Gasteiger partial charge in [-0.25, -0.2) is 9.18 Å². The average Bonchev–Trinajstić information content (AvgIpc) is 3.17. The number of nitrogens with one attached hydrogen (secondary N) is 2. The second kappa shape index (κ2) is 8.20. The highest BCUT2D eigenvalue weighted by molar-refractivity contribution is 6.31. The second-order valence-corrected chi connectivity index (χ2v) is 8.20. The standard InChI is InChI=1S/C25H21ClFN3O2/c1-32-19-9-7-18(8-10-19)28-25(31)30-13-12-20-21-14-16(26)4-11-22(21)29-23(20)24(30)15-2-5-17(27)6-3-15/h2-11,14,24,29H,12-13H2,1H3,(H,28,31). The highest BCUT2D eigenvalue weighted by Gasteiger charge is 2.34. The van der Waals surface area contributed by atoms with Crippen molar-refractivity contribution in [3.8, 4) is 5.75 Å². The third-order valence-electron chi connectivity index (χ3n) is 5.88. The predicted molar refractivity (Wildman–Crippen MR) is 124 cm³/mol. The molecule has 1 aliphatic rings. The molecule has 0 aliphatic carbocycles. The van der Waals surface area contributed by atoms with Gasteiger partial charge in [0.25, 0.3) is 0 Å². The van der Waals surface area contributed by atoms with Gasteiger partial charge in [0.1, 0.15) is 11.6 Å². The zero-order valence-electron chi connectivity index (χ0n) is 17.4. The number of aromatic nitrogens is 1. The van der Waals surface area contributed by atoms with Crippen molar-refractivity contribution in [2.75, 3.05) is 19.0 Å². The van der Waals surface area contributed by atoms with Crippen molar-refractivity contribution in [1.82, 2.24) is 9.88 Å². The molecule has 4 aromatic rings. The Labute approximate surface area is 189 Å². The Hall–Kier alpha value is -3.51. The molecule has 32 heavy (non-hydrogen) atoms. The first kappa shape index (κ1) is 20.4. The van der Waals surface area contributed by atoms with Crippen LogP contribution >= 0.6 is 11.6 Å². The van der Waals surface area contributed by atoms with Crippen LogP contribution in [0.4, 0.5) is 14.9 Å². The molecule has 3 aromatic carbocycles. The van der Waals surface area contributed by atoms with Crippen LogP contribution in [0.1, 0.15) is 22.9 Å². The number of halogens is 2. The van der Waals surface area contributed by atoms with Gasteiger partial charge in [0.05, 0.1) is 13.2 Å². The maximum Gasteiger partial charge on any atom is 0.322 e. The molecule has 1 aromatic heterocycles. The van der Waals surface area contributed by atoms with Crippen molar-refractivity contribution in [1.29, 1.82) is 0 Å². The van der Waals surface area contributed by atoms with Crippen molar-refractivity contribution in [2.45, 2.75) is 12.5 Å². The van der Waals surface area contributed by atoms with Crippen molar-refractivity contribution in [3.63, 3.8) is 0 Å². The van der Waals surface area contributed by atoms with E-state index in [9.17, 15) is 9.18 Å². The Balaban J connectivity index is 1.55. The highest BCUT2D eigenvalue weighted by Crippen LogP contribution is 2.39. The lowest BCUT2D eigenvalue weighted by molar-refractivity contribution is 0.193. The number of hydrogen-bond donors (Lipinski definition) is 2. The fourth-order valence-electron chi connectivity index (χ4n) is 4.34. The quantitative estimate of drug-likeness (QED) is 0.394. The van der Waals surface area contributed by atoms with Gasteiger partial charge in [0, 0.05) is 33.9 Å². The number of carbonyl (C=O) groups is 1. The minimum Gasteiger partial charge on any atom is -0.497 e. The number of fused-ring (bicyclic) bond motifs is 3. The van der Waals surface area contributed by atoms with Crippen LogP contribution in [0.5, 0.6) is 5.75 Å². The van der Waals surface area contributed by atoms with Gasteiger partial charge in [-0.15, -0.1) is 0 Å². The van der Waals surface area contributed by atoms with Crippen LogP contribution in [0.15, 0.2) is 66.7 Å². The van der Waals surface area contributed by atoms with Crippen LogP contribution in [0, 0.1) is 5.82 Å². The van der Waals surface area contributed by atoms with Crippen molar-refractivity contribution < 1.29 is 13.9 Å². The van der Waals surface area contributed by atoms with E-state index in [1.54, 1.807) is 48.4 Å². The van der Waals surface area contributed by atoms with E-state index in [-0.39, 0.29) is 17.9 Å². The number of aromatic amines is 1. The summed E-state index contributed by atoms with van der Waals surface area (Å²) in [5.74, 6) is 0.397. The fraction of sp³-hybridized carbons (Fsp3) is 0.160. The largest absolute Gasteiger partial charge is 0.497 e. The summed E-state index contributed by atoms with van der Waals surface area (Å²) in [6, 6.07) is 18.6. The first-order valence-corrected chi connectivity index (χ1v) is 10.7. The highest BCUT2D eigenvalue weighted by atomic mass is 35.5. The third-order valence-corrected chi connectivity index (χ3v) is 6.11. The summed E-state index contributed by atoms with van der Waals surface area (Å²) < 4.78 is 18.8. The van der Waals surface area contributed by atoms with Gasteiger partial charge in [-0.1, -0.05) is 23.7 Å². The number of hydrogen-bond acceptors (Lipinski definition) is 2. The molecule has 0 spiro atoms.